The molecule has 0 unspecified atom stereocenters. The first-order valence-electron chi connectivity index (χ1n) is 11.0. The number of nitriles is 1. The standard InChI is InChI=1S/C24H35NO4/c1-15-6-7-18-22-20(29-23(2,3)28-19(9-11-25)21(15)22)13-16-12-17(27-14-26-5)8-10-24(16,18)4/h13,17-22H,1,6-10,12,14H2,2-5H3/t17-,18-,19-,20-,21-,22-,24-/m0/s1. The Morgan fingerprint density at radius 2 is 2.07 bits per heavy atom. The first-order chi connectivity index (χ1) is 13.8. The van der Waals surface area contributed by atoms with E-state index in [1.807, 2.05) is 13.8 Å². The maximum Gasteiger partial charge on any atom is 0.164 e. The summed E-state index contributed by atoms with van der Waals surface area (Å²) in [5, 5.41) is 9.46. The van der Waals surface area contributed by atoms with Crippen LogP contribution < -0.4 is 0 Å². The van der Waals surface area contributed by atoms with Gasteiger partial charge in [-0.05, 0) is 57.3 Å². The molecule has 7 atom stereocenters. The van der Waals surface area contributed by atoms with Crippen molar-refractivity contribution < 1.29 is 18.9 Å². The van der Waals surface area contributed by atoms with Gasteiger partial charge >= 0.3 is 0 Å². The molecule has 5 heteroatoms. The van der Waals surface area contributed by atoms with Crippen molar-refractivity contribution in [2.24, 2.45) is 23.2 Å². The van der Waals surface area contributed by atoms with E-state index in [1.54, 1.807) is 7.11 Å². The summed E-state index contributed by atoms with van der Waals surface area (Å²) < 4.78 is 24.0. The number of hydrogen-bond acceptors (Lipinski definition) is 5. The zero-order valence-corrected chi connectivity index (χ0v) is 18.3. The smallest absolute Gasteiger partial charge is 0.164 e. The SMILES string of the molecule is C=C1CC[C@H]2[C@@H]3[C@@H]1[C@H](CC#N)OC(C)(C)O[C@H]3C=C1C[C@@H](OCOC)CC[C@@]12C. The highest BCUT2D eigenvalue weighted by Crippen LogP contribution is 2.61. The number of hydrogen-bond donors (Lipinski definition) is 0. The summed E-state index contributed by atoms with van der Waals surface area (Å²) in [5.74, 6) is 0.295. The van der Waals surface area contributed by atoms with Gasteiger partial charge in [-0.1, -0.05) is 30.7 Å². The maximum atomic E-state index is 9.46. The summed E-state index contributed by atoms with van der Waals surface area (Å²) in [6.45, 7) is 11.2. The Hall–Kier alpha value is -1.19. The topological polar surface area (TPSA) is 60.7 Å². The van der Waals surface area contributed by atoms with E-state index in [-0.39, 0.29) is 29.6 Å². The van der Waals surface area contributed by atoms with Gasteiger partial charge < -0.3 is 18.9 Å². The van der Waals surface area contributed by atoms with Crippen molar-refractivity contribution in [3.8, 4) is 6.07 Å². The molecule has 0 bridgehead atoms. The van der Waals surface area contributed by atoms with Gasteiger partial charge in [0.2, 0.25) is 0 Å². The van der Waals surface area contributed by atoms with E-state index in [9.17, 15) is 5.26 Å². The van der Waals surface area contributed by atoms with Crippen molar-refractivity contribution in [3.63, 3.8) is 0 Å². The highest BCUT2D eigenvalue weighted by atomic mass is 16.7. The lowest BCUT2D eigenvalue weighted by atomic mass is 9.49. The molecule has 1 aliphatic heterocycles. The van der Waals surface area contributed by atoms with Gasteiger partial charge in [0.15, 0.2) is 5.79 Å². The largest absolute Gasteiger partial charge is 0.359 e. The van der Waals surface area contributed by atoms with Crippen molar-refractivity contribution in [1.82, 2.24) is 0 Å². The number of ether oxygens (including phenoxy) is 4. The third kappa shape index (κ3) is 3.70. The molecule has 0 spiro atoms. The van der Waals surface area contributed by atoms with E-state index in [0.29, 0.717) is 25.0 Å². The van der Waals surface area contributed by atoms with E-state index < -0.39 is 5.79 Å². The van der Waals surface area contributed by atoms with Gasteiger partial charge in [-0.3, -0.25) is 0 Å². The van der Waals surface area contributed by atoms with E-state index in [1.165, 1.54) is 11.1 Å². The number of rotatable bonds is 4. The number of fused-ring (bicyclic) bond motifs is 2. The van der Waals surface area contributed by atoms with E-state index >= 15 is 0 Å². The molecule has 0 amide bonds. The maximum absolute atomic E-state index is 9.46. The molecular formula is C24H35NO4. The predicted molar refractivity (Wildman–Crippen MR) is 110 cm³/mol. The highest BCUT2D eigenvalue weighted by molar-refractivity contribution is 5.30. The molecule has 2 saturated carbocycles. The van der Waals surface area contributed by atoms with Crippen molar-refractivity contribution in [1.29, 1.82) is 5.26 Å². The Morgan fingerprint density at radius 3 is 2.79 bits per heavy atom. The summed E-state index contributed by atoms with van der Waals surface area (Å²) in [4.78, 5) is 0. The lowest BCUT2D eigenvalue weighted by Crippen LogP contribution is -2.53. The molecule has 5 nitrogen and oxygen atoms in total. The molecule has 0 N–H and O–H groups in total. The minimum atomic E-state index is -0.722. The average molecular weight is 402 g/mol. The summed E-state index contributed by atoms with van der Waals surface area (Å²) in [6.07, 6.45) is 8.06. The Bertz CT molecular complexity index is 723. The molecule has 0 aromatic carbocycles. The van der Waals surface area contributed by atoms with Gasteiger partial charge in [0.1, 0.15) is 6.79 Å². The van der Waals surface area contributed by atoms with Crippen molar-refractivity contribution in [2.75, 3.05) is 13.9 Å². The molecule has 4 aliphatic rings. The minimum Gasteiger partial charge on any atom is -0.359 e. The van der Waals surface area contributed by atoms with Crippen molar-refractivity contribution >= 4 is 0 Å². The van der Waals surface area contributed by atoms with Crippen LogP contribution in [0.2, 0.25) is 0 Å². The van der Waals surface area contributed by atoms with Crippen LogP contribution in [0.5, 0.6) is 0 Å². The predicted octanol–water partition coefficient (Wildman–Crippen LogP) is 4.74. The zero-order valence-electron chi connectivity index (χ0n) is 18.3. The minimum absolute atomic E-state index is 0.00927. The summed E-state index contributed by atoms with van der Waals surface area (Å²) in [6, 6.07) is 2.35. The van der Waals surface area contributed by atoms with E-state index in [4.69, 9.17) is 18.9 Å². The van der Waals surface area contributed by atoms with Crippen LogP contribution in [0, 0.1) is 34.5 Å². The molecular weight excluding hydrogens is 366 g/mol. The van der Waals surface area contributed by atoms with E-state index in [0.717, 1.165) is 32.1 Å². The van der Waals surface area contributed by atoms with Gasteiger partial charge in [0.05, 0.1) is 30.8 Å². The lowest BCUT2D eigenvalue weighted by molar-refractivity contribution is -0.239. The van der Waals surface area contributed by atoms with Crippen LogP contribution in [0.3, 0.4) is 0 Å². The fourth-order valence-corrected chi connectivity index (χ4v) is 6.57. The monoisotopic (exact) mass is 401 g/mol. The Kier molecular flexibility index (Phi) is 5.67. The normalized spacial score (nSPS) is 43.4. The Morgan fingerprint density at radius 1 is 1.28 bits per heavy atom. The highest BCUT2D eigenvalue weighted by Gasteiger charge is 2.57. The van der Waals surface area contributed by atoms with Gasteiger partial charge in [-0.25, -0.2) is 0 Å². The van der Waals surface area contributed by atoms with Gasteiger partial charge in [-0.2, -0.15) is 5.26 Å². The summed E-state index contributed by atoms with van der Waals surface area (Å²) in [5.41, 5.74) is 2.86. The summed E-state index contributed by atoms with van der Waals surface area (Å²) in [7, 11) is 1.67. The quantitative estimate of drug-likeness (QED) is 0.503. The van der Waals surface area contributed by atoms with Crippen LogP contribution in [-0.2, 0) is 18.9 Å². The molecule has 1 heterocycles. The van der Waals surface area contributed by atoms with Crippen molar-refractivity contribution in [3.05, 3.63) is 23.8 Å². The van der Waals surface area contributed by atoms with Crippen LogP contribution in [0.1, 0.15) is 59.3 Å². The summed E-state index contributed by atoms with van der Waals surface area (Å²) >= 11 is 0. The molecule has 3 fully saturated rings. The van der Waals surface area contributed by atoms with Gasteiger partial charge in [0, 0.05) is 18.9 Å². The van der Waals surface area contributed by atoms with Gasteiger partial charge in [0.25, 0.3) is 0 Å². The molecule has 0 aromatic heterocycles. The Balaban J connectivity index is 1.72. The molecule has 0 radical (unpaired) electrons. The first kappa shape index (κ1) is 21.1. The fourth-order valence-electron chi connectivity index (χ4n) is 6.57. The molecule has 160 valence electrons. The lowest BCUT2D eigenvalue weighted by Gasteiger charge is -2.56. The molecule has 0 aromatic rings. The van der Waals surface area contributed by atoms with E-state index in [2.05, 4.69) is 25.6 Å². The fraction of sp³-hybridized carbons (Fsp3) is 0.792. The number of nitrogens with zero attached hydrogens (tertiary/aromatic N) is 1. The molecule has 29 heavy (non-hydrogen) atoms. The van der Waals surface area contributed by atoms with Crippen LogP contribution in [0.4, 0.5) is 0 Å². The molecule has 3 aliphatic carbocycles. The van der Waals surface area contributed by atoms with Gasteiger partial charge in [-0.15, -0.1) is 0 Å². The third-order valence-electron chi connectivity index (χ3n) is 7.83. The van der Waals surface area contributed by atoms with Crippen LogP contribution in [0.15, 0.2) is 23.8 Å². The second-order valence-corrected chi connectivity index (χ2v) is 9.95. The Labute approximate surface area is 175 Å². The molecule has 4 rings (SSSR count). The number of methoxy groups -OCH3 is 1. The van der Waals surface area contributed by atoms with Crippen molar-refractivity contribution in [2.45, 2.75) is 83.4 Å². The zero-order chi connectivity index (χ0) is 20.8. The average Bonchev–Trinajstić information content (AvgIpc) is 2.77. The molecule has 1 saturated heterocycles. The second kappa shape index (κ2) is 7.81. The van der Waals surface area contributed by atoms with Crippen LogP contribution in [-0.4, -0.2) is 38.0 Å². The van der Waals surface area contributed by atoms with Crippen LogP contribution >= 0.6 is 0 Å². The second-order valence-electron chi connectivity index (χ2n) is 9.95. The van der Waals surface area contributed by atoms with Crippen LogP contribution in [0.25, 0.3) is 0 Å². The first-order valence-corrected chi connectivity index (χ1v) is 11.0. The third-order valence-corrected chi connectivity index (χ3v) is 7.83.